The Hall–Kier alpha value is -1.97. The number of likely N-dealkylation sites (N-methyl/N-ethyl adjacent to an activating group) is 1. The SMILES string of the molecule is CCN1CCN(c2ccccc2NS(=O)(=O)c2ccc(Cl)cc2C(F)(F)F)CC1. The van der Waals surface area contributed by atoms with Gasteiger partial charge in [0.25, 0.3) is 10.0 Å². The third-order valence-electron chi connectivity index (χ3n) is 4.85. The van der Waals surface area contributed by atoms with Crippen LogP contribution < -0.4 is 9.62 Å². The Morgan fingerprint density at radius 1 is 1.07 bits per heavy atom. The Bertz CT molecular complexity index is 975. The number of para-hydroxylation sites is 2. The lowest BCUT2D eigenvalue weighted by Crippen LogP contribution is -2.46. The maximum absolute atomic E-state index is 13.4. The highest BCUT2D eigenvalue weighted by molar-refractivity contribution is 7.92. The molecule has 1 N–H and O–H groups in total. The summed E-state index contributed by atoms with van der Waals surface area (Å²) in [6, 6.07) is 9.32. The van der Waals surface area contributed by atoms with E-state index in [1.807, 2.05) is 4.90 Å². The fraction of sp³-hybridized carbons (Fsp3) is 0.368. The standard InChI is InChI=1S/C19H21ClF3N3O2S/c1-2-25-9-11-26(12-10-25)17-6-4-3-5-16(17)24-29(27,28)18-8-7-14(20)13-15(18)19(21,22)23/h3-8,13,24H,2,9-12H2,1H3. The van der Waals surface area contributed by atoms with Crippen LogP contribution in [0.5, 0.6) is 0 Å². The fourth-order valence-corrected chi connectivity index (χ4v) is 4.75. The summed E-state index contributed by atoms with van der Waals surface area (Å²) in [5.41, 5.74) is -0.429. The molecule has 29 heavy (non-hydrogen) atoms. The second-order valence-electron chi connectivity index (χ2n) is 6.68. The van der Waals surface area contributed by atoms with E-state index in [0.717, 1.165) is 31.8 Å². The molecule has 0 aromatic heterocycles. The quantitative estimate of drug-likeness (QED) is 0.742. The van der Waals surface area contributed by atoms with E-state index >= 15 is 0 Å². The van der Waals surface area contributed by atoms with Crippen LogP contribution in [0.4, 0.5) is 24.5 Å². The van der Waals surface area contributed by atoms with E-state index in [2.05, 4.69) is 16.5 Å². The van der Waals surface area contributed by atoms with Gasteiger partial charge in [0.15, 0.2) is 0 Å². The van der Waals surface area contributed by atoms with Gasteiger partial charge in [-0.15, -0.1) is 0 Å². The molecule has 0 aliphatic carbocycles. The lowest BCUT2D eigenvalue weighted by molar-refractivity contribution is -0.139. The summed E-state index contributed by atoms with van der Waals surface area (Å²) >= 11 is 5.66. The Labute approximate surface area is 173 Å². The van der Waals surface area contributed by atoms with E-state index in [1.165, 1.54) is 0 Å². The summed E-state index contributed by atoms with van der Waals surface area (Å²) < 4.78 is 68.1. The van der Waals surface area contributed by atoms with Gasteiger partial charge in [-0.2, -0.15) is 13.2 Å². The monoisotopic (exact) mass is 447 g/mol. The highest BCUT2D eigenvalue weighted by Gasteiger charge is 2.37. The van der Waals surface area contributed by atoms with Crippen molar-refractivity contribution >= 4 is 33.0 Å². The highest BCUT2D eigenvalue weighted by Crippen LogP contribution is 2.37. The summed E-state index contributed by atoms with van der Waals surface area (Å²) in [6.07, 6.45) is -4.86. The number of sulfonamides is 1. The second-order valence-corrected chi connectivity index (χ2v) is 8.77. The predicted octanol–water partition coefficient (Wildman–Crippen LogP) is 4.30. The Kier molecular flexibility index (Phi) is 6.30. The normalized spacial score (nSPS) is 16.1. The predicted molar refractivity (Wildman–Crippen MR) is 108 cm³/mol. The van der Waals surface area contributed by atoms with Crippen molar-refractivity contribution in [2.45, 2.75) is 18.0 Å². The van der Waals surface area contributed by atoms with E-state index in [1.54, 1.807) is 24.3 Å². The highest BCUT2D eigenvalue weighted by atomic mass is 35.5. The van der Waals surface area contributed by atoms with Gasteiger partial charge < -0.3 is 9.80 Å². The smallest absolute Gasteiger partial charge is 0.367 e. The molecule has 1 aliphatic heterocycles. The Morgan fingerprint density at radius 2 is 1.72 bits per heavy atom. The number of hydrogen-bond acceptors (Lipinski definition) is 4. The van der Waals surface area contributed by atoms with E-state index in [9.17, 15) is 21.6 Å². The number of halogens is 4. The molecule has 0 spiro atoms. The molecule has 0 bridgehead atoms. The summed E-state index contributed by atoms with van der Waals surface area (Å²) in [5.74, 6) is 0. The maximum atomic E-state index is 13.4. The molecule has 3 rings (SSSR count). The van der Waals surface area contributed by atoms with E-state index < -0.39 is 26.7 Å². The summed E-state index contributed by atoms with van der Waals surface area (Å²) in [4.78, 5) is 3.43. The van der Waals surface area contributed by atoms with E-state index in [4.69, 9.17) is 11.6 Å². The molecule has 0 amide bonds. The zero-order valence-corrected chi connectivity index (χ0v) is 17.3. The molecule has 10 heteroatoms. The molecule has 2 aromatic rings. The molecule has 0 saturated carbocycles. The topological polar surface area (TPSA) is 52.6 Å². The first kappa shape index (κ1) is 21.7. The van der Waals surface area contributed by atoms with Crippen molar-refractivity contribution in [1.82, 2.24) is 4.90 Å². The molecule has 1 saturated heterocycles. The molecule has 1 aliphatic rings. The van der Waals surface area contributed by atoms with Crippen LogP contribution in [0.1, 0.15) is 12.5 Å². The van der Waals surface area contributed by atoms with Gasteiger partial charge in [0.2, 0.25) is 0 Å². The number of rotatable bonds is 5. The minimum Gasteiger partial charge on any atom is -0.367 e. The minimum absolute atomic E-state index is 0.189. The number of piperazine rings is 1. The van der Waals surface area contributed by atoms with Crippen molar-refractivity contribution in [2.75, 3.05) is 42.3 Å². The number of nitrogens with one attached hydrogen (secondary N) is 1. The molecular formula is C19H21ClF3N3O2S. The first-order chi connectivity index (χ1) is 13.6. The minimum atomic E-state index is -4.86. The molecule has 1 fully saturated rings. The first-order valence-electron chi connectivity index (χ1n) is 9.07. The Balaban J connectivity index is 1.93. The van der Waals surface area contributed by atoms with Crippen molar-refractivity contribution in [3.8, 4) is 0 Å². The van der Waals surface area contributed by atoms with Crippen LogP contribution >= 0.6 is 11.6 Å². The van der Waals surface area contributed by atoms with Gasteiger partial charge in [0.1, 0.15) is 0 Å². The van der Waals surface area contributed by atoms with Gasteiger partial charge in [0, 0.05) is 31.2 Å². The van der Waals surface area contributed by atoms with Gasteiger partial charge in [0.05, 0.1) is 21.8 Å². The van der Waals surface area contributed by atoms with Crippen LogP contribution in [0.25, 0.3) is 0 Å². The third-order valence-corrected chi connectivity index (χ3v) is 6.50. The van der Waals surface area contributed by atoms with Crippen molar-refractivity contribution in [1.29, 1.82) is 0 Å². The van der Waals surface area contributed by atoms with Gasteiger partial charge in [-0.05, 0) is 36.9 Å². The van der Waals surface area contributed by atoms with E-state index in [-0.39, 0.29) is 10.7 Å². The van der Waals surface area contributed by atoms with Crippen molar-refractivity contribution in [3.05, 3.63) is 53.1 Å². The molecule has 0 unspecified atom stereocenters. The second kappa shape index (κ2) is 8.41. The average molecular weight is 448 g/mol. The van der Waals surface area contributed by atoms with Crippen LogP contribution in [-0.4, -0.2) is 46.0 Å². The van der Waals surface area contributed by atoms with Crippen molar-refractivity contribution in [3.63, 3.8) is 0 Å². The zero-order valence-electron chi connectivity index (χ0n) is 15.7. The van der Waals surface area contributed by atoms with Crippen LogP contribution in [0.2, 0.25) is 5.02 Å². The lowest BCUT2D eigenvalue weighted by Gasteiger charge is -2.36. The Morgan fingerprint density at radius 3 is 2.34 bits per heavy atom. The number of nitrogens with zero attached hydrogens (tertiary/aromatic N) is 2. The number of hydrogen-bond donors (Lipinski definition) is 1. The van der Waals surface area contributed by atoms with Gasteiger partial charge in [-0.3, -0.25) is 4.72 Å². The molecule has 5 nitrogen and oxygen atoms in total. The van der Waals surface area contributed by atoms with E-state index in [0.29, 0.717) is 24.8 Å². The van der Waals surface area contributed by atoms with Crippen molar-refractivity contribution < 1.29 is 21.6 Å². The van der Waals surface area contributed by atoms with Gasteiger partial charge in [-0.25, -0.2) is 8.42 Å². The fourth-order valence-electron chi connectivity index (χ4n) is 3.30. The summed E-state index contributed by atoms with van der Waals surface area (Å²) in [7, 11) is -4.49. The molecule has 0 radical (unpaired) electrons. The third kappa shape index (κ3) is 4.96. The number of benzene rings is 2. The number of alkyl halides is 3. The maximum Gasteiger partial charge on any atom is 0.417 e. The first-order valence-corrected chi connectivity index (χ1v) is 10.9. The van der Waals surface area contributed by atoms with Crippen LogP contribution in [0.15, 0.2) is 47.4 Å². The summed E-state index contributed by atoms with van der Waals surface area (Å²) in [5, 5.41) is -0.189. The largest absolute Gasteiger partial charge is 0.417 e. The number of anilines is 2. The zero-order chi connectivity index (χ0) is 21.2. The molecule has 0 atom stereocenters. The van der Waals surface area contributed by atoms with Crippen LogP contribution in [0.3, 0.4) is 0 Å². The molecular weight excluding hydrogens is 427 g/mol. The summed E-state index contributed by atoms with van der Waals surface area (Å²) in [6.45, 7) is 6.05. The molecule has 1 heterocycles. The van der Waals surface area contributed by atoms with Gasteiger partial charge >= 0.3 is 6.18 Å². The molecule has 2 aromatic carbocycles. The molecule has 158 valence electrons. The van der Waals surface area contributed by atoms with Gasteiger partial charge in [-0.1, -0.05) is 30.7 Å². The van der Waals surface area contributed by atoms with Crippen LogP contribution in [0, 0.1) is 0 Å². The average Bonchev–Trinajstić information content (AvgIpc) is 2.67. The van der Waals surface area contributed by atoms with Crippen molar-refractivity contribution in [2.24, 2.45) is 0 Å². The van der Waals surface area contributed by atoms with Crippen LogP contribution in [-0.2, 0) is 16.2 Å². The lowest BCUT2D eigenvalue weighted by atomic mass is 10.2.